The van der Waals surface area contributed by atoms with E-state index in [1.807, 2.05) is 36.5 Å². The number of aryl methyl sites for hydroxylation is 1. The molecule has 0 aliphatic carbocycles. The highest BCUT2D eigenvalue weighted by Gasteiger charge is 2.07. The van der Waals surface area contributed by atoms with Crippen LogP contribution in [0.15, 0.2) is 72.5 Å². The number of aromatic nitrogens is 4. The number of hydrogen-bond donors (Lipinski definition) is 0. The van der Waals surface area contributed by atoms with Gasteiger partial charge in [-0.3, -0.25) is 0 Å². The highest BCUT2D eigenvalue weighted by molar-refractivity contribution is 5.99. The van der Waals surface area contributed by atoms with Crippen molar-refractivity contribution in [2.24, 2.45) is 5.10 Å². The number of nitrogens with zero attached hydrogens (tertiary/aromatic N) is 5. The average molecular weight is 345 g/mol. The van der Waals surface area contributed by atoms with Gasteiger partial charge in [-0.2, -0.15) is 5.10 Å². The molecule has 0 spiro atoms. The first-order valence-corrected chi connectivity index (χ1v) is 8.46. The Kier molecular flexibility index (Phi) is 4.47. The fourth-order valence-corrected chi connectivity index (χ4v) is 2.91. The van der Waals surface area contributed by atoms with E-state index in [0.29, 0.717) is 6.61 Å². The summed E-state index contributed by atoms with van der Waals surface area (Å²) in [5.74, 6) is 0.899. The smallest absolute Gasteiger partial charge is 0.141 e. The molecule has 0 atom stereocenters. The van der Waals surface area contributed by atoms with Gasteiger partial charge in [0.15, 0.2) is 0 Å². The predicted octanol–water partition coefficient (Wildman–Crippen LogP) is 3.50. The zero-order valence-electron chi connectivity index (χ0n) is 14.5. The van der Waals surface area contributed by atoms with Gasteiger partial charge in [-0.05, 0) is 30.7 Å². The summed E-state index contributed by atoms with van der Waals surface area (Å²) in [5.41, 5.74) is 3.40. The van der Waals surface area contributed by atoms with E-state index < -0.39 is 0 Å². The molecule has 2 aromatic carbocycles. The van der Waals surface area contributed by atoms with Gasteiger partial charge in [0, 0.05) is 22.7 Å². The maximum atomic E-state index is 5.89. The van der Waals surface area contributed by atoms with Crippen LogP contribution in [0.25, 0.3) is 10.9 Å². The topological polar surface area (TPSA) is 57.2 Å². The Morgan fingerprint density at radius 3 is 2.77 bits per heavy atom. The molecule has 26 heavy (non-hydrogen) atoms. The number of hydrogen-bond acceptors (Lipinski definition) is 4. The van der Waals surface area contributed by atoms with Crippen molar-refractivity contribution in [2.75, 3.05) is 6.61 Å². The summed E-state index contributed by atoms with van der Waals surface area (Å²) in [4.78, 5) is 0. The fraction of sp³-hybridized carbons (Fsp3) is 0.150. The van der Waals surface area contributed by atoms with Gasteiger partial charge in [-0.1, -0.05) is 30.3 Å². The molecule has 0 aliphatic rings. The Labute approximate surface area is 151 Å². The molecule has 0 saturated heterocycles. The standard InChI is InChI=1S/C20H19N5O/c1-16-5-4-6-18(11-16)26-10-9-24-13-17(12-23-25-14-21-22-15-25)19-7-2-3-8-20(19)24/h2-8,11-15H,9-10H2,1H3. The molecule has 0 fully saturated rings. The van der Waals surface area contributed by atoms with Crippen molar-refractivity contribution in [3.63, 3.8) is 0 Å². The molecule has 0 aliphatic heterocycles. The van der Waals surface area contributed by atoms with Gasteiger partial charge in [-0.25, -0.2) is 4.68 Å². The molecule has 6 heteroatoms. The van der Waals surface area contributed by atoms with E-state index in [9.17, 15) is 0 Å². The predicted molar refractivity (Wildman–Crippen MR) is 102 cm³/mol. The molecule has 0 amide bonds. The largest absolute Gasteiger partial charge is 0.492 e. The highest BCUT2D eigenvalue weighted by atomic mass is 16.5. The van der Waals surface area contributed by atoms with Crippen LogP contribution in [-0.4, -0.2) is 32.3 Å². The number of benzene rings is 2. The minimum absolute atomic E-state index is 0.601. The number of ether oxygens (including phenoxy) is 1. The molecule has 0 radical (unpaired) electrons. The van der Waals surface area contributed by atoms with Crippen molar-refractivity contribution in [2.45, 2.75) is 13.5 Å². The molecular weight excluding hydrogens is 326 g/mol. The summed E-state index contributed by atoms with van der Waals surface area (Å²) >= 11 is 0. The molecule has 6 nitrogen and oxygen atoms in total. The van der Waals surface area contributed by atoms with Crippen LogP contribution < -0.4 is 4.74 Å². The first kappa shape index (κ1) is 16.1. The van der Waals surface area contributed by atoms with E-state index in [0.717, 1.165) is 28.8 Å². The van der Waals surface area contributed by atoms with Crippen LogP contribution in [0.3, 0.4) is 0 Å². The Bertz CT molecular complexity index is 1030. The normalized spacial score (nSPS) is 11.4. The molecule has 4 aromatic rings. The van der Waals surface area contributed by atoms with Crippen LogP contribution in [0.1, 0.15) is 11.1 Å². The van der Waals surface area contributed by atoms with Crippen LogP contribution in [0, 0.1) is 6.92 Å². The van der Waals surface area contributed by atoms with Crippen molar-refractivity contribution in [1.29, 1.82) is 0 Å². The lowest BCUT2D eigenvalue weighted by Gasteiger charge is -2.08. The molecule has 0 saturated carbocycles. The quantitative estimate of drug-likeness (QED) is 0.503. The average Bonchev–Trinajstić information content (AvgIpc) is 3.28. The summed E-state index contributed by atoms with van der Waals surface area (Å²) < 4.78 is 9.66. The molecule has 4 rings (SSSR count). The summed E-state index contributed by atoms with van der Waals surface area (Å²) in [6.45, 7) is 3.42. The van der Waals surface area contributed by atoms with Crippen LogP contribution in [0.2, 0.25) is 0 Å². The first-order valence-electron chi connectivity index (χ1n) is 8.46. The SMILES string of the molecule is Cc1cccc(OCCn2cc(C=Nn3cnnc3)c3ccccc32)c1. The summed E-state index contributed by atoms with van der Waals surface area (Å²) in [7, 11) is 0. The van der Waals surface area contributed by atoms with Gasteiger partial charge in [-0.15, -0.1) is 10.2 Å². The minimum atomic E-state index is 0.601. The van der Waals surface area contributed by atoms with E-state index >= 15 is 0 Å². The zero-order valence-corrected chi connectivity index (χ0v) is 14.5. The van der Waals surface area contributed by atoms with Crippen LogP contribution >= 0.6 is 0 Å². The molecule has 0 N–H and O–H groups in total. The van der Waals surface area contributed by atoms with Crippen LogP contribution in [0.4, 0.5) is 0 Å². The summed E-state index contributed by atoms with van der Waals surface area (Å²) in [5, 5.41) is 13.0. The lowest BCUT2D eigenvalue weighted by molar-refractivity contribution is 0.300. The molecule has 130 valence electrons. The van der Waals surface area contributed by atoms with Crippen molar-refractivity contribution in [3.05, 3.63) is 78.5 Å². The number of para-hydroxylation sites is 1. The van der Waals surface area contributed by atoms with Crippen molar-refractivity contribution in [3.8, 4) is 5.75 Å². The second kappa shape index (κ2) is 7.23. The summed E-state index contributed by atoms with van der Waals surface area (Å²) in [6.07, 6.45) is 7.04. The maximum Gasteiger partial charge on any atom is 0.141 e. The monoisotopic (exact) mass is 345 g/mol. The maximum absolute atomic E-state index is 5.89. The van der Waals surface area contributed by atoms with Gasteiger partial charge >= 0.3 is 0 Å². The van der Waals surface area contributed by atoms with Gasteiger partial charge in [0.2, 0.25) is 0 Å². The second-order valence-electron chi connectivity index (χ2n) is 6.05. The number of fused-ring (bicyclic) bond motifs is 1. The van der Waals surface area contributed by atoms with Gasteiger partial charge in [0.1, 0.15) is 25.0 Å². The van der Waals surface area contributed by atoms with E-state index in [1.165, 1.54) is 5.56 Å². The zero-order chi connectivity index (χ0) is 17.8. The second-order valence-corrected chi connectivity index (χ2v) is 6.05. The molecule has 0 bridgehead atoms. The van der Waals surface area contributed by atoms with Crippen molar-refractivity contribution >= 4 is 17.1 Å². The molecular formula is C20H19N5O. The third-order valence-corrected chi connectivity index (χ3v) is 4.15. The van der Waals surface area contributed by atoms with Gasteiger partial charge < -0.3 is 9.30 Å². The van der Waals surface area contributed by atoms with E-state index in [-0.39, 0.29) is 0 Å². The van der Waals surface area contributed by atoms with E-state index in [1.54, 1.807) is 17.3 Å². The third-order valence-electron chi connectivity index (χ3n) is 4.15. The molecule has 0 unspecified atom stereocenters. The van der Waals surface area contributed by atoms with Gasteiger partial charge in [0.05, 0.1) is 12.8 Å². The Morgan fingerprint density at radius 1 is 1.08 bits per heavy atom. The highest BCUT2D eigenvalue weighted by Crippen LogP contribution is 2.20. The van der Waals surface area contributed by atoms with Gasteiger partial charge in [0.25, 0.3) is 0 Å². The lowest BCUT2D eigenvalue weighted by atomic mass is 10.2. The van der Waals surface area contributed by atoms with E-state index in [4.69, 9.17) is 4.74 Å². The Morgan fingerprint density at radius 2 is 1.92 bits per heavy atom. The first-order chi connectivity index (χ1) is 12.8. The van der Waals surface area contributed by atoms with Crippen LogP contribution in [-0.2, 0) is 6.54 Å². The summed E-state index contributed by atoms with van der Waals surface area (Å²) in [6, 6.07) is 16.4. The third kappa shape index (κ3) is 3.49. The Hall–Kier alpha value is -3.41. The molecule has 2 heterocycles. The number of rotatable bonds is 6. The minimum Gasteiger partial charge on any atom is -0.492 e. The van der Waals surface area contributed by atoms with Crippen LogP contribution in [0.5, 0.6) is 5.75 Å². The van der Waals surface area contributed by atoms with Crippen molar-refractivity contribution < 1.29 is 4.74 Å². The Balaban J connectivity index is 1.53. The fourth-order valence-electron chi connectivity index (χ4n) is 2.91. The lowest BCUT2D eigenvalue weighted by Crippen LogP contribution is -2.07. The van der Waals surface area contributed by atoms with E-state index in [2.05, 4.69) is 51.2 Å². The van der Waals surface area contributed by atoms with Crippen molar-refractivity contribution in [1.82, 2.24) is 19.4 Å². The molecule has 2 aromatic heterocycles.